The predicted octanol–water partition coefficient (Wildman–Crippen LogP) is 8.72. The molecule has 49 heavy (non-hydrogen) atoms. The van der Waals surface area contributed by atoms with E-state index in [0.29, 0.717) is 12.8 Å². The standard InChI is InChI=1S/C37H68NO10P/c1-3-5-7-9-11-13-14-15-16-17-18-19-21-22-24-26-28-35(40)38-34(37(42)43)32-48-49(44,45)47-31-33(39)30-46-36(41)29-27-25-23-20-12-10-8-6-4-2/h13-14,16-17,33-34,39H,3-12,15,18-32H2,1-2H3,(H,38,40)(H,42,43)(H,44,45)/b14-13-,17-16-. The van der Waals surface area contributed by atoms with Crippen LogP contribution < -0.4 is 5.32 Å². The van der Waals surface area contributed by atoms with E-state index in [1.165, 1.54) is 57.8 Å². The van der Waals surface area contributed by atoms with Crippen molar-refractivity contribution in [2.45, 2.75) is 174 Å². The number of ether oxygens (including phenoxy) is 1. The molecule has 0 aromatic heterocycles. The van der Waals surface area contributed by atoms with Gasteiger partial charge in [0.2, 0.25) is 5.91 Å². The number of carbonyl (C=O) groups excluding carboxylic acids is 2. The van der Waals surface area contributed by atoms with Crippen LogP contribution in [0.15, 0.2) is 24.3 Å². The van der Waals surface area contributed by atoms with Crippen LogP contribution >= 0.6 is 7.82 Å². The van der Waals surface area contributed by atoms with E-state index in [2.05, 4.69) is 43.5 Å². The molecule has 12 heteroatoms. The van der Waals surface area contributed by atoms with Crippen LogP contribution in [0.2, 0.25) is 0 Å². The van der Waals surface area contributed by atoms with Crippen LogP contribution in [0.3, 0.4) is 0 Å². The Balaban J connectivity index is 4.01. The van der Waals surface area contributed by atoms with Crippen LogP contribution in [0.1, 0.15) is 162 Å². The van der Waals surface area contributed by atoms with Gasteiger partial charge in [0.1, 0.15) is 12.7 Å². The molecule has 0 radical (unpaired) electrons. The van der Waals surface area contributed by atoms with Gasteiger partial charge in [0, 0.05) is 12.8 Å². The molecule has 4 N–H and O–H groups in total. The van der Waals surface area contributed by atoms with Crippen molar-refractivity contribution in [2.24, 2.45) is 0 Å². The van der Waals surface area contributed by atoms with E-state index in [4.69, 9.17) is 13.8 Å². The van der Waals surface area contributed by atoms with Gasteiger partial charge in [-0.05, 0) is 44.9 Å². The molecule has 0 fully saturated rings. The average Bonchev–Trinajstić information content (AvgIpc) is 3.07. The second-order valence-corrected chi connectivity index (χ2v) is 14.2. The first kappa shape index (κ1) is 47.0. The Bertz CT molecular complexity index is 942. The van der Waals surface area contributed by atoms with Gasteiger partial charge in [-0.1, -0.05) is 128 Å². The molecular weight excluding hydrogens is 649 g/mol. The molecule has 0 aliphatic heterocycles. The van der Waals surface area contributed by atoms with E-state index >= 15 is 0 Å². The van der Waals surface area contributed by atoms with Gasteiger partial charge in [0.15, 0.2) is 6.04 Å². The molecular formula is C37H68NO10P. The smallest absolute Gasteiger partial charge is 0.472 e. The zero-order chi connectivity index (χ0) is 36.4. The number of aliphatic carboxylic acids is 1. The Kier molecular flexibility index (Phi) is 31.7. The van der Waals surface area contributed by atoms with E-state index in [-0.39, 0.29) is 12.8 Å². The van der Waals surface area contributed by atoms with Crippen molar-refractivity contribution in [1.29, 1.82) is 0 Å². The van der Waals surface area contributed by atoms with Crippen LogP contribution in [0.25, 0.3) is 0 Å². The zero-order valence-corrected chi connectivity index (χ0v) is 31.4. The molecule has 0 bridgehead atoms. The first-order chi connectivity index (χ1) is 23.6. The van der Waals surface area contributed by atoms with Gasteiger partial charge in [-0.15, -0.1) is 0 Å². The molecule has 11 nitrogen and oxygen atoms in total. The number of carbonyl (C=O) groups is 3. The summed E-state index contributed by atoms with van der Waals surface area (Å²) in [6.45, 7) is 2.51. The molecule has 0 aliphatic carbocycles. The summed E-state index contributed by atoms with van der Waals surface area (Å²) in [6.07, 6.45) is 30.7. The molecule has 3 unspecified atom stereocenters. The lowest BCUT2D eigenvalue weighted by Crippen LogP contribution is -2.43. The van der Waals surface area contributed by atoms with Crippen molar-refractivity contribution >= 4 is 25.7 Å². The maximum atomic E-state index is 12.2. The average molecular weight is 718 g/mol. The first-order valence-electron chi connectivity index (χ1n) is 18.9. The molecule has 0 heterocycles. The largest absolute Gasteiger partial charge is 0.480 e. The Morgan fingerprint density at radius 3 is 1.67 bits per heavy atom. The molecule has 0 spiro atoms. The van der Waals surface area contributed by atoms with E-state index in [9.17, 15) is 34.1 Å². The SMILES string of the molecule is CCCCCC/C=C\C/C=C\CCCCCCCC(=O)NC(COP(=O)(O)OCC(O)COC(=O)CCCCCCCCCCC)C(=O)O. The molecule has 0 saturated heterocycles. The molecule has 0 aromatic rings. The lowest BCUT2D eigenvalue weighted by Gasteiger charge is -2.18. The van der Waals surface area contributed by atoms with Gasteiger partial charge >= 0.3 is 19.8 Å². The molecule has 286 valence electrons. The van der Waals surface area contributed by atoms with Crippen molar-refractivity contribution in [3.05, 3.63) is 24.3 Å². The lowest BCUT2D eigenvalue weighted by molar-refractivity contribution is -0.147. The van der Waals surface area contributed by atoms with Crippen LogP contribution in [0.5, 0.6) is 0 Å². The highest BCUT2D eigenvalue weighted by atomic mass is 31.2. The third kappa shape index (κ3) is 32.9. The van der Waals surface area contributed by atoms with Crippen molar-refractivity contribution in [2.75, 3.05) is 19.8 Å². The second-order valence-electron chi connectivity index (χ2n) is 12.8. The van der Waals surface area contributed by atoms with Crippen LogP contribution in [-0.4, -0.2) is 64.9 Å². The maximum Gasteiger partial charge on any atom is 0.472 e. The highest BCUT2D eigenvalue weighted by Gasteiger charge is 2.28. The Morgan fingerprint density at radius 1 is 0.653 bits per heavy atom. The van der Waals surface area contributed by atoms with Crippen molar-refractivity contribution in [3.8, 4) is 0 Å². The molecule has 0 rings (SSSR count). The fourth-order valence-electron chi connectivity index (χ4n) is 4.99. The molecule has 3 atom stereocenters. The normalized spacial score (nSPS) is 14.2. The minimum atomic E-state index is -4.75. The zero-order valence-electron chi connectivity index (χ0n) is 30.5. The van der Waals surface area contributed by atoms with Gasteiger partial charge in [-0.25, -0.2) is 9.36 Å². The maximum absolute atomic E-state index is 12.2. The van der Waals surface area contributed by atoms with E-state index in [0.717, 1.165) is 64.2 Å². The minimum absolute atomic E-state index is 0.131. The minimum Gasteiger partial charge on any atom is -0.480 e. The molecule has 0 aliphatic rings. The number of hydrogen-bond acceptors (Lipinski definition) is 8. The lowest BCUT2D eigenvalue weighted by atomic mass is 10.1. The summed E-state index contributed by atoms with van der Waals surface area (Å²) in [7, 11) is -4.75. The molecule has 0 saturated carbocycles. The fourth-order valence-corrected chi connectivity index (χ4v) is 5.76. The summed E-state index contributed by atoms with van der Waals surface area (Å²) in [5, 5.41) is 21.7. The number of aliphatic hydroxyl groups is 1. The Labute approximate surface area is 296 Å². The number of phosphoric acid groups is 1. The van der Waals surface area contributed by atoms with Crippen molar-refractivity contribution < 1.29 is 47.8 Å². The summed E-state index contributed by atoms with van der Waals surface area (Å²) >= 11 is 0. The van der Waals surface area contributed by atoms with Gasteiger partial charge in [-0.2, -0.15) is 0 Å². The van der Waals surface area contributed by atoms with E-state index in [1.54, 1.807) is 0 Å². The van der Waals surface area contributed by atoms with Crippen molar-refractivity contribution in [1.82, 2.24) is 5.32 Å². The number of carboxylic acids is 1. The number of rotatable bonds is 35. The first-order valence-corrected chi connectivity index (χ1v) is 20.4. The highest BCUT2D eigenvalue weighted by Crippen LogP contribution is 2.43. The van der Waals surface area contributed by atoms with E-state index in [1.807, 2.05) is 0 Å². The quantitative estimate of drug-likeness (QED) is 0.0215. The number of phosphoric ester groups is 1. The number of esters is 1. The van der Waals surface area contributed by atoms with Gasteiger partial charge < -0.3 is 25.2 Å². The third-order valence-corrected chi connectivity index (χ3v) is 8.94. The summed E-state index contributed by atoms with van der Waals surface area (Å²) < 4.78 is 26.6. The summed E-state index contributed by atoms with van der Waals surface area (Å²) in [4.78, 5) is 45.6. The number of unbranched alkanes of at least 4 members (excludes halogenated alkanes) is 17. The number of allylic oxidation sites excluding steroid dienone is 4. The highest BCUT2D eigenvalue weighted by molar-refractivity contribution is 7.47. The fraction of sp³-hybridized carbons (Fsp3) is 0.811. The van der Waals surface area contributed by atoms with Gasteiger partial charge in [0.25, 0.3) is 0 Å². The van der Waals surface area contributed by atoms with Gasteiger partial charge in [-0.3, -0.25) is 18.6 Å². The summed E-state index contributed by atoms with van der Waals surface area (Å²) in [5.74, 6) is -2.39. The second kappa shape index (κ2) is 33.1. The number of carboxylic acid groups (broad SMARTS) is 1. The van der Waals surface area contributed by atoms with Crippen molar-refractivity contribution in [3.63, 3.8) is 0 Å². The molecule has 0 aromatic carbocycles. The van der Waals surface area contributed by atoms with Crippen LogP contribution in [0, 0.1) is 0 Å². The number of nitrogens with one attached hydrogen (secondary N) is 1. The predicted molar refractivity (Wildman–Crippen MR) is 194 cm³/mol. The summed E-state index contributed by atoms with van der Waals surface area (Å²) in [6, 6.07) is -1.55. The van der Waals surface area contributed by atoms with Gasteiger partial charge in [0.05, 0.1) is 13.2 Å². The van der Waals surface area contributed by atoms with Crippen LogP contribution in [0.4, 0.5) is 0 Å². The van der Waals surface area contributed by atoms with E-state index < -0.39 is 57.6 Å². The monoisotopic (exact) mass is 717 g/mol. The van der Waals surface area contributed by atoms with Crippen LogP contribution in [-0.2, 0) is 32.7 Å². The topological polar surface area (TPSA) is 169 Å². The third-order valence-electron chi connectivity index (χ3n) is 7.99. The Morgan fingerprint density at radius 2 is 1.12 bits per heavy atom. The Hall–Kier alpha value is -2.04. The number of hydrogen-bond donors (Lipinski definition) is 4. The number of amides is 1. The number of aliphatic hydroxyl groups excluding tert-OH is 1. The summed E-state index contributed by atoms with van der Waals surface area (Å²) in [5.41, 5.74) is 0. The molecule has 1 amide bonds.